The molecule has 0 saturated carbocycles. The van der Waals surface area contributed by atoms with Gasteiger partial charge < -0.3 is 23.6 Å². The fourth-order valence-corrected chi connectivity index (χ4v) is 3.44. The van der Waals surface area contributed by atoms with Crippen molar-refractivity contribution in [3.8, 4) is 0 Å². The van der Waals surface area contributed by atoms with Gasteiger partial charge in [0.15, 0.2) is 0 Å². The predicted octanol–water partition coefficient (Wildman–Crippen LogP) is -1.11. The van der Waals surface area contributed by atoms with E-state index < -0.39 is 13.2 Å². The number of hydrogen-bond donors (Lipinski definition) is 0. The molecular weight excluding hydrogens is 457 g/mol. The van der Waals surface area contributed by atoms with E-state index in [9.17, 15) is 19.1 Å². The zero-order valence-electron chi connectivity index (χ0n) is 20.2. The molecule has 0 saturated heterocycles. The number of rotatable bonds is 19. The topological polar surface area (TPSA) is 98.7 Å². The van der Waals surface area contributed by atoms with Crippen LogP contribution in [-0.2, 0) is 18.6 Å². The molecule has 0 N–H and O–H groups in total. The molecule has 0 aliphatic rings. The molecule has 0 radical (unpaired) electrons. The van der Waals surface area contributed by atoms with Crippen LogP contribution >= 0.6 is 7.82 Å². The molecule has 0 aromatic rings. The van der Waals surface area contributed by atoms with E-state index in [-0.39, 0.29) is 122 Å². The summed E-state index contributed by atoms with van der Waals surface area (Å²) >= 11 is 0. The fourth-order valence-electron chi connectivity index (χ4n) is 2.93. The number of hydrogen-bond acceptors (Lipinski definition) is 6. The molecule has 30 heavy (non-hydrogen) atoms. The van der Waals surface area contributed by atoms with Crippen LogP contribution in [0.1, 0.15) is 111 Å². The van der Waals surface area contributed by atoms with Gasteiger partial charge in [-0.1, -0.05) is 97.8 Å². The van der Waals surface area contributed by atoms with Gasteiger partial charge in [-0.15, -0.1) is 0 Å². The van der Waals surface area contributed by atoms with Crippen molar-refractivity contribution < 1.29 is 131 Å². The van der Waals surface area contributed by atoms with Crippen LogP contribution in [0.3, 0.4) is 0 Å². The molecule has 0 aliphatic carbocycles. The number of unbranched alkanes of at least 4 members (excludes halogenated alkanes) is 12. The summed E-state index contributed by atoms with van der Waals surface area (Å²) in [5.74, 6) is -0.288. The first-order valence-electron chi connectivity index (χ1n) is 11.0. The standard InChI is InChI=1S/C21H43O6P.2K/c1-4-5-6-7-8-9-10-11-12-13-14-15-16-17-20(22)26-18-21(2,3)19-27-28(23,24)25;;/h4-19H2,1-3H3,(H2,23,24,25);;/q;2*+1/p-2. The number of phosphoric acid groups is 1. The van der Waals surface area contributed by atoms with E-state index in [0.29, 0.717) is 6.42 Å². The second-order valence-corrected chi connectivity index (χ2v) is 9.69. The molecule has 0 bridgehead atoms. The minimum atomic E-state index is -4.99. The molecule has 0 aliphatic heterocycles. The Labute approximate surface area is 269 Å². The van der Waals surface area contributed by atoms with E-state index in [4.69, 9.17) is 4.74 Å². The summed E-state index contributed by atoms with van der Waals surface area (Å²) in [6.07, 6.45) is 16.7. The van der Waals surface area contributed by atoms with Gasteiger partial charge in [-0.05, 0) is 6.42 Å². The summed E-state index contributed by atoms with van der Waals surface area (Å²) in [6.45, 7) is 5.35. The second-order valence-electron chi connectivity index (χ2n) is 8.54. The number of esters is 1. The maximum absolute atomic E-state index is 11.8. The molecule has 0 unspecified atom stereocenters. The predicted molar refractivity (Wildman–Crippen MR) is 109 cm³/mol. The number of carbonyl (C=O) groups is 1. The second kappa shape index (κ2) is 23.6. The summed E-state index contributed by atoms with van der Waals surface area (Å²) in [5.41, 5.74) is -0.712. The molecule has 0 spiro atoms. The molecule has 6 nitrogen and oxygen atoms in total. The Hall–Kier alpha value is 2.85. The van der Waals surface area contributed by atoms with E-state index in [1.807, 2.05) is 0 Å². The SMILES string of the molecule is CCCCCCCCCCCCCCCC(=O)OCC(C)(C)COP(=O)([O-])[O-].[K+].[K+]. The third-order valence-corrected chi connectivity index (χ3v) is 5.17. The smallest absolute Gasteiger partial charge is 0.790 e. The van der Waals surface area contributed by atoms with E-state index in [0.717, 1.165) is 19.3 Å². The third-order valence-electron chi connectivity index (χ3n) is 4.72. The number of phosphoric ester groups is 1. The van der Waals surface area contributed by atoms with Crippen molar-refractivity contribution in [3.05, 3.63) is 0 Å². The van der Waals surface area contributed by atoms with Crippen LogP contribution in [0.25, 0.3) is 0 Å². The van der Waals surface area contributed by atoms with Gasteiger partial charge in [-0.3, -0.25) is 4.79 Å². The van der Waals surface area contributed by atoms with Crippen LogP contribution in [0.15, 0.2) is 0 Å². The molecule has 0 fully saturated rings. The van der Waals surface area contributed by atoms with Crippen LogP contribution < -0.4 is 113 Å². The Balaban J connectivity index is -0.00000364. The first kappa shape index (κ1) is 37.4. The maximum atomic E-state index is 11.8. The van der Waals surface area contributed by atoms with Crippen molar-refractivity contribution in [3.63, 3.8) is 0 Å². The Morgan fingerprint density at radius 2 is 1.17 bits per heavy atom. The van der Waals surface area contributed by atoms with Crippen molar-refractivity contribution in [1.29, 1.82) is 0 Å². The normalized spacial score (nSPS) is 11.5. The maximum Gasteiger partial charge on any atom is 1.00 e. The van der Waals surface area contributed by atoms with Gasteiger partial charge >= 0.3 is 109 Å². The molecule has 0 aromatic carbocycles. The van der Waals surface area contributed by atoms with Gasteiger partial charge in [0.1, 0.15) is 0 Å². The van der Waals surface area contributed by atoms with Crippen LogP contribution in [0, 0.1) is 5.41 Å². The molecule has 0 heterocycles. The van der Waals surface area contributed by atoms with E-state index >= 15 is 0 Å². The number of ether oxygens (including phenoxy) is 1. The first-order chi connectivity index (χ1) is 13.2. The Morgan fingerprint density at radius 3 is 1.57 bits per heavy atom. The molecule has 0 atom stereocenters. The molecule has 0 rings (SSSR count). The van der Waals surface area contributed by atoms with E-state index in [1.54, 1.807) is 13.8 Å². The van der Waals surface area contributed by atoms with Crippen molar-refractivity contribution in [1.82, 2.24) is 0 Å². The quantitative estimate of drug-likeness (QED) is 0.0970. The van der Waals surface area contributed by atoms with E-state index in [1.165, 1.54) is 64.2 Å². The van der Waals surface area contributed by atoms with Gasteiger partial charge in [0, 0.05) is 11.8 Å². The van der Waals surface area contributed by atoms with Crippen LogP contribution in [-0.4, -0.2) is 19.2 Å². The van der Waals surface area contributed by atoms with Gasteiger partial charge in [0.05, 0.1) is 21.0 Å². The van der Waals surface area contributed by atoms with E-state index in [2.05, 4.69) is 11.4 Å². The average molecular weight is 499 g/mol. The van der Waals surface area contributed by atoms with Crippen molar-refractivity contribution in [2.24, 2.45) is 5.41 Å². The third kappa shape index (κ3) is 28.9. The molecule has 0 aromatic heterocycles. The van der Waals surface area contributed by atoms with Crippen molar-refractivity contribution >= 4 is 13.8 Å². The molecule has 0 amide bonds. The van der Waals surface area contributed by atoms with Crippen molar-refractivity contribution in [2.75, 3.05) is 13.2 Å². The summed E-state index contributed by atoms with van der Waals surface area (Å²) in [7, 11) is -4.99. The largest absolute Gasteiger partial charge is 1.00 e. The Morgan fingerprint density at radius 1 is 0.767 bits per heavy atom. The Kier molecular flexibility index (Phi) is 29.4. The zero-order chi connectivity index (χ0) is 21.3. The molecular formula is C21H41K2O6P. The van der Waals surface area contributed by atoms with Crippen LogP contribution in [0.2, 0.25) is 0 Å². The summed E-state index contributed by atoms with van der Waals surface area (Å²) in [4.78, 5) is 32.8. The van der Waals surface area contributed by atoms with Crippen LogP contribution in [0.4, 0.5) is 0 Å². The monoisotopic (exact) mass is 498 g/mol. The zero-order valence-corrected chi connectivity index (χ0v) is 27.4. The summed E-state index contributed by atoms with van der Waals surface area (Å²) in [6, 6.07) is 0. The summed E-state index contributed by atoms with van der Waals surface area (Å²) < 4.78 is 19.9. The average Bonchev–Trinajstić information content (AvgIpc) is 2.62. The van der Waals surface area contributed by atoms with Crippen LogP contribution in [0.5, 0.6) is 0 Å². The van der Waals surface area contributed by atoms with Gasteiger partial charge in [0.2, 0.25) is 0 Å². The minimum Gasteiger partial charge on any atom is -0.790 e. The summed E-state index contributed by atoms with van der Waals surface area (Å²) in [5, 5.41) is 0. The van der Waals surface area contributed by atoms with Crippen molar-refractivity contribution in [2.45, 2.75) is 111 Å². The Bertz CT molecular complexity index is 443. The molecule has 168 valence electrons. The minimum absolute atomic E-state index is 0. The van der Waals surface area contributed by atoms with Gasteiger partial charge in [0.25, 0.3) is 0 Å². The number of carbonyl (C=O) groups excluding carboxylic acids is 1. The fraction of sp³-hybridized carbons (Fsp3) is 0.952. The van der Waals surface area contributed by atoms with Gasteiger partial charge in [-0.2, -0.15) is 0 Å². The first-order valence-corrected chi connectivity index (χ1v) is 12.4. The van der Waals surface area contributed by atoms with Gasteiger partial charge in [-0.25, -0.2) is 0 Å². The molecule has 9 heteroatoms.